The number of aliphatic carboxylic acids is 1. The molecular formula is C15H19NO3. The number of carboxylic acids is 1. The Morgan fingerprint density at radius 1 is 1.37 bits per heavy atom. The number of rotatable bonds is 5. The summed E-state index contributed by atoms with van der Waals surface area (Å²) >= 11 is 0. The molecule has 1 N–H and O–H groups in total. The minimum Gasteiger partial charge on any atom is -0.478 e. The maximum Gasteiger partial charge on any atom is 0.328 e. The van der Waals surface area contributed by atoms with E-state index < -0.39 is 5.97 Å². The highest BCUT2D eigenvalue weighted by Gasteiger charge is 2.16. The normalized spacial score (nSPS) is 10.9. The van der Waals surface area contributed by atoms with E-state index >= 15 is 0 Å². The number of hydrogen-bond acceptors (Lipinski definition) is 2. The van der Waals surface area contributed by atoms with Crippen LogP contribution in [0.2, 0.25) is 0 Å². The molecule has 0 bridgehead atoms. The summed E-state index contributed by atoms with van der Waals surface area (Å²) in [6.07, 6.45) is 2.54. The van der Waals surface area contributed by atoms with Gasteiger partial charge in [0.2, 0.25) is 0 Å². The van der Waals surface area contributed by atoms with Gasteiger partial charge in [-0.15, -0.1) is 0 Å². The molecule has 0 saturated heterocycles. The molecule has 4 heteroatoms. The van der Waals surface area contributed by atoms with Crippen LogP contribution in [0.3, 0.4) is 0 Å². The van der Waals surface area contributed by atoms with Gasteiger partial charge in [0, 0.05) is 24.2 Å². The van der Waals surface area contributed by atoms with Gasteiger partial charge in [0.05, 0.1) is 0 Å². The lowest BCUT2D eigenvalue weighted by Crippen LogP contribution is -2.36. The third kappa shape index (κ3) is 4.25. The molecule has 1 aromatic rings. The van der Waals surface area contributed by atoms with E-state index in [9.17, 15) is 9.59 Å². The largest absolute Gasteiger partial charge is 0.478 e. The summed E-state index contributed by atoms with van der Waals surface area (Å²) in [5, 5.41) is 8.59. The third-order valence-electron chi connectivity index (χ3n) is 2.78. The minimum absolute atomic E-state index is 0.0388. The summed E-state index contributed by atoms with van der Waals surface area (Å²) in [6, 6.07) is 7.10. The first-order valence-corrected chi connectivity index (χ1v) is 6.27. The fraction of sp³-hybridized carbons (Fsp3) is 0.333. The van der Waals surface area contributed by atoms with Gasteiger partial charge in [-0.25, -0.2) is 4.79 Å². The molecule has 0 aliphatic heterocycles. The van der Waals surface area contributed by atoms with Gasteiger partial charge in [-0.2, -0.15) is 0 Å². The highest BCUT2D eigenvalue weighted by molar-refractivity contribution is 5.95. The van der Waals surface area contributed by atoms with E-state index in [0.29, 0.717) is 17.7 Å². The Kier molecular flexibility index (Phi) is 5.30. The molecule has 0 fully saturated rings. The lowest BCUT2D eigenvalue weighted by Gasteiger charge is -2.25. The molecule has 0 aliphatic carbocycles. The second-order valence-electron chi connectivity index (χ2n) is 4.48. The van der Waals surface area contributed by atoms with Crippen LogP contribution in [-0.2, 0) is 4.79 Å². The molecule has 1 amide bonds. The molecule has 0 aliphatic rings. The summed E-state index contributed by atoms with van der Waals surface area (Å²) in [5.74, 6) is -1.04. The van der Waals surface area contributed by atoms with Gasteiger partial charge in [0.25, 0.3) is 5.91 Å². The van der Waals surface area contributed by atoms with Crippen LogP contribution < -0.4 is 0 Å². The van der Waals surface area contributed by atoms with Gasteiger partial charge >= 0.3 is 5.97 Å². The van der Waals surface area contributed by atoms with E-state index in [-0.39, 0.29) is 11.9 Å². The van der Waals surface area contributed by atoms with Gasteiger partial charge in [-0.1, -0.05) is 12.1 Å². The zero-order valence-electron chi connectivity index (χ0n) is 11.5. The molecule has 1 aromatic carbocycles. The fourth-order valence-electron chi connectivity index (χ4n) is 1.85. The van der Waals surface area contributed by atoms with E-state index in [1.807, 2.05) is 20.8 Å². The summed E-state index contributed by atoms with van der Waals surface area (Å²) in [6.45, 7) is 6.52. The van der Waals surface area contributed by atoms with Gasteiger partial charge in [-0.3, -0.25) is 4.79 Å². The Balaban J connectivity index is 2.98. The zero-order chi connectivity index (χ0) is 14.4. The van der Waals surface area contributed by atoms with E-state index in [4.69, 9.17) is 5.11 Å². The summed E-state index contributed by atoms with van der Waals surface area (Å²) in [7, 11) is 0. The van der Waals surface area contributed by atoms with Crippen molar-refractivity contribution in [3.05, 3.63) is 41.5 Å². The standard InChI is InChI=1S/C15H19NO3/c1-4-16(11(2)3)15(19)13-7-5-6-12(10-13)8-9-14(17)18/h5-11H,4H2,1-3H3,(H,17,18). The SMILES string of the molecule is CCN(C(=O)c1cccc(C=CC(=O)O)c1)C(C)C. The predicted molar refractivity (Wildman–Crippen MR) is 75.0 cm³/mol. The van der Waals surface area contributed by atoms with Gasteiger partial charge in [0.1, 0.15) is 0 Å². The molecule has 102 valence electrons. The van der Waals surface area contributed by atoms with Gasteiger partial charge in [-0.05, 0) is 44.5 Å². The molecule has 0 radical (unpaired) electrons. The first kappa shape index (κ1) is 15.0. The number of hydrogen-bond donors (Lipinski definition) is 1. The average Bonchev–Trinajstić information content (AvgIpc) is 2.37. The third-order valence-corrected chi connectivity index (χ3v) is 2.78. The number of carbonyl (C=O) groups excluding carboxylic acids is 1. The molecule has 4 nitrogen and oxygen atoms in total. The molecule has 0 heterocycles. The van der Waals surface area contributed by atoms with Crippen LogP contribution in [0.15, 0.2) is 30.3 Å². The molecule has 0 aromatic heterocycles. The summed E-state index contributed by atoms with van der Waals surface area (Å²) in [5.41, 5.74) is 1.27. The Morgan fingerprint density at radius 2 is 2.05 bits per heavy atom. The zero-order valence-corrected chi connectivity index (χ0v) is 11.5. The molecule has 0 atom stereocenters. The minimum atomic E-state index is -1.01. The Bertz CT molecular complexity index is 492. The molecule has 0 saturated carbocycles. The maximum atomic E-state index is 12.3. The Labute approximate surface area is 113 Å². The fourth-order valence-corrected chi connectivity index (χ4v) is 1.85. The number of nitrogens with zero attached hydrogens (tertiary/aromatic N) is 1. The first-order valence-electron chi connectivity index (χ1n) is 6.27. The lowest BCUT2D eigenvalue weighted by molar-refractivity contribution is -0.131. The van der Waals surface area contributed by atoms with Crippen LogP contribution in [0.4, 0.5) is 0 Å². The second kappa shape index (κ2) is 6.73. The van der Waals surface area contributed by atoms with Crippen molar-refractivity contribution in [1.82, 2.24) is 4.90 Å². The lowest BCUT2D eigenvalue weighted by atomic mass is 10.1. The highest BCUT2D eigenvalue weighted by atomic mass is 16.4. The Hall–Kier alpha value is -2.10. The summed E-state index contributed by atoms with van der Waals surface area (Å²) in [4.78, 5) is 24.5. The maximum absolute atomic E-state index is 12.3. The molecule has 19 heavy (non-hydrogen) atoms. The monoisotopic (exact) mass is 261 g/mol. The molecule has 0 unspecified atom stereocenters. The van der Waals surface area contributed by atoms with Crippen LogP contribution in [0, 0.1) is 0 Å². The number of carboxylic acid groups (broad SMARTS) is 1. The van der Waals surface area contributed by atoms with Crippen LogP contribution in [0.1, 0.15) is 36.7 Å². The van der Waals surface area contributed by atoms with E-state index in [1.165, 1.54) is 6.08 Å². The quantitative estimate of drug-likeness (QED) is 0.829. The molecule has 1 rings (SSSR count). The Morgan fingerprint density at radius 3 is 2.58 bits per heavy atom. The van der Waals surface area contributed by atoms with Crippen molar-refractivity contribution >= 4 is 18.0 Å². The van der Waals surface area contributed by atoms with Crippen molar-refractivity contribution < 1.29 is 14.7 Å². The van der Waals surface area contributed by atoms with E-state index in [2.05, 4.69) is 0 Å². The molecule has 0 spiro atoms. The van der Waals surface area contributed by atoms with Crippen molar-refractivity contribution in [3.8, 4) is 0 Å². The van der Waals surface area contributed by atoms with Crippen molar-refractivity contribution in [1.29, 1.82) is 0 Å². The van der Waals surface area contributed by atoms with Crippen LogP contribution in [-0.4, -0.2) is 34.5 Å². The van der Waals surface area contributed by atoms with Crippen molar-refractivity contribution in [2.24, 2.45) is 0 Å². The number of benzene rings is 1. The van der Waals surface area contributed by atoms with Crippen molar-refractivity contribution in [2.45, 2.75) is 26.8 Å². The number of carbonyl (C=O) groups is 2. The number of amides is 1. The van der Waals surface area contributed by atoms with E-state index in [1.54, 1.807) is 29.2 Å². The highest BCUT2D eigenvalue weighted by Crippen LogP contribution is 2.12. The summed E-state index contributed by atoms with van der Waals surface area (Å²) < 4.78 is 0. The van der Waals surface area contributed by atoms with Crippen molar-refractivity contribution in [2.75, 3.05) is 6.54 Å². The van der Waals surface area contributed by atoms with Crippen LogP contribution in [0.25, 0.3) is 6.08 Å². The van der Waals surface area contributed by atoms with E-state index in [0.717, 1.165) is 6.08 Å². The smallest absolute Gasteiger partial charge is 0.328 e. The average molecular weight is 261 g/mol. The van der Waals surface area contributed by atoms with Crippen LogP contribution in [0.5, 0.6) is 0 Å². The predicted octanol–water partition coefficient (Wildman–Crippen LogP) is 2.65. The van der Waals surface area contributed by atoms with Crippen molar-refractivity contribution in [3.63, 3.8) is 0 Å². The molecular weight excluding hydrogens is 242 g/mol. The van der Waals surface area contributed by atoms with Gasteiger partial charge in [0.15, 0.2) is 0 Å². The first-order chi connectivity index (χ1) is 8.95. The van der Waals surface area contributed by atoms with Gasteiger partial charge < -0.3 is 10.0 Å². The van der Waals surface area contributed by atoms with Crippen LogP contribution >= 0.6 is 0 Å². The second-order valence-corrected chi connectivity index (χ2v) is 4.48. The topological polar surface area (TPSA) is 57.6 Å².